The van der Waals surface area contributed by atoms with E-state index in [1.165, 1.54) is 7.11 Å². The van der Waals surface area contributed by atoms with Crippen molar-refractivity contribution in [1.29, 1.82) is 0 Å². The molecule has 2 heterocycles. The van der Waals surface area contributed by atoms with Crippen molar-refractivity contribution < 1.29 is 9.53 Å². The van der Waals surface area contributed by atoms with Crippen molar-refractivity contribution in [1.82, 2.24) is 15.5 Å². The number of methoxy groups -OCH3 is 1. The molecule has 0 bridgehead atoms. The van der Waals surface area contributed by atoms with Gasteiger partial charge >= 0.3 is 5.97 Å². The number of aromatic nitrogens is 2. The summed E-state index contributed by atoms with van der Waals surface area (Å²) in [5.41, 5.74) is 0.236. The van der Waals surface area contributed by atoms with Crippen molar-refractivity contribution in [3.05, 3.63) is 17.8 Å². The Hall–Kier alpha value is -1.69. The molecule has 92 valence electrons. The molecule has 1 aromatic rings. The lowest BCUT2D eigenvalue weighted by atomic mass is 10.2. The van der Waals surface area contributed by atoms with E-state index in [2.05, 4.69) is 32.1 Å². The number of anilines is 1. The van der Waals surface area contributed by atoms with Gasteiger partial charge in [0.2, 0.25) is 0 Å². The number of nitrogens with one attached hydrogen (secondary N) is 1. The lowest BCUT2D eigenvalue weighted by Crippen LogP contribution is -2.49. The third-order valence-electron chi connectivity index (χ3n) is 2.74. The van der Waals surface area contributed by atoms with Gasteiger partial charge in [-0.1, -0.05) is 0 Å². The average Bonchev–Trinajstić information content (AvgIpc) is 2.38. The number of esters is 1. The fraction of sp³-hybridized carbons (Fsp3) is 0.545. The Morgan fingerprint density at radius 1 is 1.53 bits per heavy atom. The molecule has 0 amide bonds. The Morgan fingerprint density at radius 3 is 2.94 bits per heavy atom. The van der Waals surface area contributed by atoms with Gasteiger partial charge < -0.3 is 15.0 Å². The quantitative estimate of drug-likeness (QED) is 0.732. The fourth-order valence-corrected chi connectivity index (χ4v) is 1.85. The first-order chi connectivity index (χ1) is 8.20. The molecule has 1 atom stereocenters. The van der Waals surface area contributed by atoms with Crippen LogP contribution in [0.5, 0.6) is 0 Å². The fourth-order valence-electron chi connectivity index (χ4n) is 1.85. The van der Waals surface area contributed by atoms with E-state index < -0.39 is 5.97 Å². The number of hydrogen-bond acceptors (Lipinski definition) is 6. The molecule has 0 saturated carbocycles. The largest absolute Gasteiger partial charge is 0.464 e. The Bertz CT molecular complexity index is 393. The number of carbonyl (C=O) groups is 1. The monoisotopic (exact) mass is 236 g/mol. The molecule has 1 fully saturated rings. The van der Waals surface area contributed by atoms with Gasteiger partial charge in [0.05, 0.1) is 7.11 Å². The van der Waals surface area contributed by atoms with Crippen LogP contribution in [0.2, 0.25) is 0 Å². The minimum Gasteiger partial charge on any atom is -0.464 e. The molecular formula is C11H16N4O2. The highest BCUT2D eigenvalue weighted by molar-refractivity contribution is 5.86. The van der Waals surface area contributed by atoms with Gasteiger partial charge in [0, 0.05) is 25.7 Å². The van der Waals surface area contributed by atoms with Crippen LogP contribution in [0, 0.1) is 0 Å². The van der Waals surface area contributed by atoms with Crippen molar-refractivity contribution in [3.63, 3.8) is 0 Å². The van der Waals surface area contributed by atoms with Crippen molar-refractivity contribution in [3.8, 4) is 0 Å². The SMILES string of the molecule is COC(=O)c1ccc(N2CCNC(C)C2)nn1. The molecule has 2 rings (SSSR count). The highest BCUT2D eigenvalue weighted by Gasteiger charge is 2.17. The second-order valence-electron chi connectivity index (χ2n) is 4.07. The number of piperazine rings is 1. The Balaban J connectivity index is 2.09. The van der Waals surface area contributed by atoms with E-state index in [1.54, 1.807) is 12.1 Å². The summed E-state index contributed by atoms with van der Waals surface area (Å²) in [5.74, 6) is 0.337. The average molecular weight is 236 g/mol. The number of carbonyl (C=O) groups excluding carboxylic acids is 1. The number of ether oxygens (including phenoxy) is 1. The smallest absolute Gasteiger partial charge is 0.358 e. The lowest BCUT2D eigenvalue weighted by molar-refractivity contribution is 0.0592. The maximum Gasteiger partial charge on any atom is 0.358 e. The summed E-state index contributed by atoms with van der Waals surface area (Å²) in [6.45, 7) is 4.85. The Morgan fingerprint density at radius 2 is 2.35 bits per heavy atom. The zero-order valence-corrected chi connectivity index (χ0v) is 10.0. The van der Waals surface area contributed by atoms with Crippen LogP contribution in [0.1, 0.15) is 17.4 Å². The molecule has 1 N–H and O–H groups in total. The zero-order chi connectivity index (χ0) is 12.3. The molecule has 0 radical (unpaired) electrons. The van der Waals surface area contributed by atoms with Gasteiger partial charge in [-0.25, -0.2) is 4.79 Å². The van der Waals surface area contributed by atoms with Crippen LogP contribution in [0.4, 0.5) is 5.82 Å². The van der Waals surface area contributed by atoms with E-state index in [4.69, 9.17) is 0 Å². The van der Waals surface area contributed by atoms with E-state index in [0.717, 1.165) is 25.5 Å². The summed E-state index contributed by atoms with van der Waals surface area (Å²) in [7, 11) is 1.33. The van der Waals surface area contributed by atoms with Crippen molar-refractivity contribution >= 4 is 11.8 Å². The summed E-state index contributed by atoms with van der Waals surface area (Å²) in [6, 6.07) is 3.88. The van der Waals surface area contributed by atoms with E-state index in [1.807, 2.05) is 0 Å². The predicted molar refractivity (Wildman–Crippen MR) is 63.0 cm³/mol. The number of rotatable bonds is 2. The maximum absolute atomic E-state index is 11.2. The Kier molecular flexibility index (Phi) is 3.53. The van der Waals surface area contributed by atoms with E-state index >= 15 is 0 Å². The van der Waals surface area contributed by atoms with Crippen LogP contribution >= 0.6 is 0 Å². The van der Waals surface area contributed by atoms with Gasteiger partial charge in [0.25, 0.3) is 0 Å². The van der Waals surface area contributed by atoms with Crippen LogP contribution in [0.15, 0.2) is 12.1 Å². The van der Waals surface area contributed by atoms with Gasteiger partial charge in [-0.2, -0.15) is 0 Å². The number of hydrogen-bond donors (Lipinski definition) is 1. The van der Waals surface area contributed by atoms with Crippen LogP contribution in [-0.4, -0.2) is 49.0 Å². The topological polar surface area (TPSA) is 67.3 Å². The molecule has 1 unspecified atom stereocenters. The van der Waals surface area contributed by atoms with E-state index in [9.17, 15) is 4.79 Å². The summed E-state index contributed by atoms with van der Waals surface area (Å²) < 4.78 is 4.57. The minimum atomic E-state index is -0.460. The van der Waals surface area contributed by atoms with Crippen molar-refractivity contribution in [2.45, 2.75) is 13.0 Å². The van der Waals surface area contributed by atoms with E-state index in [0.29, 0.717) is 6.04 Å². The van der Waals surface area contributed by atoms with E-state index in [-0.39, 0.29) is 5.69 Å². The second-order valence-corrected chi connectivity index (χ2v) is 4.07. The predicted octanol–water partition coefficient (Wildman–Crippen LogP) is 0.0613. The molecule has 0 spiro atoms. The van der Waals surface area contributed by atoms with Crippen LogP contribution in [-0.2, 0) is 4.74 Å². The molecular weight excluding hydrogens is 220 g/mol. The summed E-state index contributed by atoms with van der Waals surface area (Å²) in [4.78, 5) is 13.4. The van der Waals surface area contributed by atoms with Gasteiger partial charge in [0.1, 0.15) is 0 Å². The molecule has 0 aliphatic carbocycles. The summed E-state index contributed by atoms with van der Waals surface area (Å²) in [5, 5.41) is 11.3. The third kappa shape index (κ3) is 2.71. The summed E-state index contributed by atoms with van der Waals surface area (Å²) >= 11 is 0. The molecule has 1 saturated heterocycles. The minimum absolute atomic E-state index is 0.236. The first-order valence-electron chi connectivity index (χ1n) is 5.61. The highest BCUT2D eigenvalue weighted by atomic mass is 16.5. The van der Waals surface area contributed by atoms with Crippen molar-refractivity contribution in [2.75, 3.05) is 31.6 Å². The molecule has 17 heavy (non-hydrogen) atoms. The molecule has 1 aliphatic rings. The summed E-state index contributed by atoms with van der Waals surface area (Å²) in [6.07, 6.45) is 0. The van der Waals surface area contributed by atoms with Gasteiger partial charge in [-0.3, -0.25) is 0 Å². The Labute approximate surface area is 100.0 Å². The normalized spacial score (nSPS) is 20.1. The third-order valence-corrected chi connectivity index (χ3v) is 2.74. The number of nitrogens with zero attached hydrogens (tertiary/aromatic N) is 3. The van der Waals surface area contributed by atoms with Gasteiger partial charge in [-0.15, -0.1) is 10.2 Å². The van der Waals surface area contributed by atoms with Gasteiger partial charge in [0.15, 0.2) is 11.5 Å². The van der Waals surface area contributed by atoms with Crippen LogP contribution in [0.25, 0.3) is 0 Å². The molecule has 0 aromatic carbocycles. The molecule has 6 heteroatoms. The molecule has 1 aliphatic heterocycles. The molecule has 1 aromatic heterocycles. The second kappa shape index (κ2) is 5.09. The first kappa shape index (κ1) is 11.8. The standard InChI is InChI=1S/C11H16N4O2/c1-8-7-15(6-5-12-8)10-4-3-9(13-14-10)11(16)17-2/h3-4,8,12H,5-7H2,1-2H3. The van der Waals surface area contributed by atoms with Crippen molar-refractivity contribution in [2.24, 2.45) is 0 Å². The first-order valence-corrected chi connectivity index (χ1v) is 5.61. The van der Waals surface area contributed by atoms with Gasteiger partial charge in [-0.05, 0) is 19.1 Å². The lowest BCUT2D eigenvalue weighted by Gasteiger charge is -2.32. The van der Waals surface area contributed by atoms with Crippen LogP contribution in [0.3, 0.4) is 0 Å². The zero-order valence-electron chi connectivity index (χ0n) is 10.0. The highest BCUT2D eigenvalue weighted by Crippen LogP contribution is 2.12. The van der Waals surface area contributed by atoms with Crippen LogP contribution < -0.4 is 10.2 Å². The molecule has 6 nitrogen and oxygen atoms in total. The maximum atomic E-state index is 11.2.